The molecule has 0 bridgehead atoms. The maximum Gasteiger partial charge on any atom is 0.266 e. The van der Waals surface area contributed by atoms with Gasteiger partial charge in [0.1, 0.15) is 15.0 Å². The molecule has 1 aliphatic rings. The summed E-state index contributed by atoms with van der Waals surface area (Å²) in [6, 6.07) is 15.1. The van der Waals surface area contributed by atoms with Gasteiger partial charge in [0.15, 0.2) is 0 Å². The molecule has 0 aliphatic carbocycles. The van der Waals surface area contributed by atoms with Crippen LogP contribution >= 0.6 is 35.7 Å². The number of hydrogen-bond acceptors (Lipinski definition) is 7. The van der Waals surface area contributed by atoms with Crippen LogP contribution in [-0.2, 0) is 9.53 Å². The predicted octanol–water partition coefficient (Wildman–Crippen LogP) is 4.08. The van der Waals surface area contributed by atoms with E-state index in [1.807, 2.05) is 36.4 Å². The van der Waals surface area contributed by atoms with E-state index >= 15 is 0 Å². The lowest BCUT2D eigenvalue weighted by atomic mass is 10.2. The largest absolute Gasteiger partial charge is 0.385 e. The number of thiocarbonyl (C=S) groups is 1. The van der Waals surface area contributed by atoms with Gasteiger partial charge < -0.3 is 4.74 Å². The third-order valence-corrected chi connectivity index (χ3v) is 6.96. The highest BCUT2D eigenvalue weighted by Crippen LogP contribution is 2.35. The van der Waals surface area contributed by atoms with E-state index in [9.17, 15) is 9.59 Å². The average Bonchev–Trinajstić information content (AvgIpc) is 3.04. The van der Waals surface area contributed by atoms with Crippen LogP contribution in [0.2, 0.25) is 0 Å². The van der Waals surface area contributed by atoms with Crippen LogP contribution in [0.5, 0.6) is 0 Å². The molecule has 158 valence electrons. The molecular formula is C22H19N3O3S3. The summed E-state index contributed by atoms with van der Waals surface area (Å²) in [5.74, 6) is -0.195. The molecule has 0 spiro atoms. The highest BCUT2D eigenvalue weighted by Gasteiger charge is 2.32. The zero-order valence-corrected chi connectivity index (χ0v) is 19.1. The number of nitrogens with zero attached hydrogens (tertiary/aromatic N) is 3. The van der Waals surface area contributed by atoms with Gasteiger partial charge in [0.2, 0.25) is 0 Å². The van der Waals surface area contributed by atoms with Gasteiger partial charge in [0, 0.05) is 31.4 Å². The van der Waals surface area contributed by atoms with E-state index < -0.39 is 0 Å². The summed E-state index contributed by atoms with van der Waals surface area (Å²) in [6.07, 6.45) is 3.98. The number of amides is 1. The van der Waals surface area contributed by atoms with Crippen molar-refractivity contribution in [3.8, 4) is 0 Å². The van der Waals surface area contributed by atoms with Gasteiger partial charge in [-0.3, -0.25) is 18.9 Å². The Hall–Kier alpha value is -2.46. The van der Waals surface area contributed by atoms with Gasteiger partial charge in [-0.1, -0.05) is 60.0 Å². The van der Waals surface area contributed by atoms with Crippen LogP contribution in [0.4, 0.5) is 0 Å². The van der Waals surface area contributed by atoms with Crippen molar-refractivity contribution < 1.29 is 9.53 Å². The fourth-order valence-electron chi connectivity index (χ4n) is 3.07. The van der Waals surface area contributed by atoms with Crippen molar-refractivity contribution in [2.45, 2.75) is 16.3 Å². The molecule has 31 heavy (non-hydrogen) atoms. The van der Waals surface area contributed by atoms with Gasteiger partial charge in [-0.25, -0.2) is 4.98 Å². The number of hydrogen-bond donors (Lipinski definition) is 0. The first kappa shape index (κ1) is 21.8. The maximum atomic E-state index is 13.3. The number of carbonyl (C=O) groups is 1. The number of rotatable bonds is 7. The van der Waals surface area contributed by atoms with Crippen LogP contribution in [0.1, 0.15) is 12.0 Å². The molecule has 1 aliphatic heterocycles. The first-order chi connectivity index (χ1) is 15.1. The number of aromatic nitrogens is 2. The third-order valence-electron chi connectivity index (χ3n) is 4.57. The SMILES string of the molecule is COCCCN1C(=O)/C(=C/c2c(Sc3ccccc3)nc3ccccn3c2=O)SC1=S. The fraction of sp³-hybridized carbons (Fsp3) is 0.182. The Morgan fingerprint density at radius 1 is 1.16 bits per heavy atom. The maximum absolute atomic E-state index is 13.3. The molecule has 9 heteroatoms. The number of benzene rings is 1. The smallest absolute Gasteiger partial charge is 0.266 e. The van der Waals surface area contributed by atoms with Gasteiger partial charge in [-0.2, -0.15) is 0 Å². The zero-order valence-electron chi connectivity index (χ0n) is 16.7. The summed E-state index contributed by atoms with van der Waals surface area (Å²) in [4.78, 5) is 33.9. The van der Waals surface area contributed by atoms with Gasteiger partial charge in [-0.05, 0) is 36.8 Å². The Morgan fingerprint density at radius 2 is 1.94 bits per heavy atom. The van der Waals surface area contributed by atoms with E-state index in [0.29, 0.717) is 45.0 Å². The summed E-state index contributed by atoms with van der Waals surface area (Å²) in [7, 11) is 1.62. The average molecular weight is 470 g/mol. The van der Waals surface area contributed by atoms with E-state index in [-0.39, 0.29) is 11.5 Å². The first-order valence-electron chi connectivity index (χ1n) is 9.57. The molecule has 3 heterocycles. The Bertz CT molecular complexity index is 1220. The molecule has 4 rings (SSSR count). The van der Waals surface area contributed by atoms with E-state index in [0.717, 1.165) is 4.90 Å². The van der Waals surface area contributed by atoms with Crippen molar-refractivity contribution in [2.24, 2.45) is 0 Å². The number of methoxy groups -OCH3 is 1. The van der Waals surface area contributed by atoms with Crippen LogP contribution in [0, 0.1) is 0 Å². The van der Waals surface area contributed by atoms with Gasteiger partial charge in [-0.15, -0.1) is 0 Å². The molecule has 0 N–H and O–H groups in total. The van der Waals surface area contributed by atoms with Crippen molar-refractivity contribution in [1.82, 2.24) is 14.3 Å². The van der Waals surface area contributed by atoms with Crippen LogP contribution in [-0.4, -0.2) is 44.8 Å². The molecule has 1 fully saturated rings. The predicted molar refractivity (Wildman–Crippen MR) is 128 cm³/mol. The topological polar surface area (TPSA) is 63.9 Å². The molecule has 6 nitrogen and oxygen atoms in total. The normalized spacial score (nSPS) is 15.4. The van der Waals surface area contributed by atoms with E-state index in [1.54, 1.807) is 36.4 Å². The molecule has 3 aromatic rings. The molecule has 1 saturated heterocycles. The Labute approximate surface area is 193 Å². The second-order valence-electron chi connectivity index (χ2n) is 6.66. The van der Waals surface area contributed by atoms with E-state index in [1.165, 1.54) is 27.9 Å². The first-order valence-corrected chi connectivity index (χ1v) is 11.6. The van der Waals surface area contributed by atoms with Crippen molar-refractivity contribution in [2.75, 3.05) is 20.3 Å². The zero-order chi connectivity index (χ0) is 21.8. The molecule has 1 aromatic carbocycles. The molecule has 1 amide bonds. The summed E-state index contributed by atoms with van der Waals surface area (Å²) in [5.41, 5.74) is 0.693. The summed E-state index contributed by atoms with van der Waals surface area (Å²) in [5, 5.41) is 0.548. The van der Waals surface area contributed by atoms with Crippen molar-refractivity contribution >= 4 is 57.7 Å². The molecular weight excluding hydrogens is 450 g/mol. The minimum Gasteiger partial charge on any atom is -0.385 e. The number of carbonyl (C=O) groups excluding carboxylic acids is 1. The van der Waals surface area contributed by atoms with Crippen molar-refractivity contribution in [3.63, 3.8) is 0 Å². The number of pyridine rings is 1. The van der Waals surface area contributed by atoms with Crippen LogP contribution in [0.25, 0.3) is 11.7 Å². The fourth-order valence-corrected chi connectivity index (χ4v) is 5.28. The summed E-state index contributed by atoms with van der Waals surface area (Å²) < 4.78 is 7.04. The van der Waals surface area contributed by atoms with E-state index in [2.05, 4.69) is 0 Å². The lowest BCUT2D eigenvalue weighted by molar-refractivity contribution is -0.122. The lowest BCUT2D eigenvalue weighted by Gasteiger charge is -2.13. The lowest BCUT2D eigenvalue weighted by Crippen LogP contribution is -2.29. The summed E-state index contributed by atoms with van der Waals surface area (Å²) >= 11 is 7.99. The van der Waals surface area contributed by atoms with E-state index in [4.69, 9.17) is 21.9 Å². The van der Waals surface area contributed by atoms with Crippen LogP contribution < -0.4 is 5.56 Å². The van der Waals surface area contributed by atoms with Crippen molar-refractivity contribution in [1.29, 1.82) is 0 Å². The minimum atomic E-state index is -0.228. The minimum absolute atomic E-state index is 0.195. The van der Waals surface area contributed by atoms with Crippen LogP contribution in [0.3, 0.4) is 0 Å². The third kappa shape index (κ3) is 4.74. The highest BCUT2D eigenvalue weighted by molar-refractivity contribution is 8.26. The second-order valence-corrected chi connectivity index (χ2v) is 9.40. The number of ether oxygens (including phenoxy) is 1. The molecule has 0 saturated carbocycles. The Kier molecular flexibility index (Phi) is 6.86. The Morgan fingerprint density at radius 3 is 2.71 bits per heavy atom. The summed E-state index contributed by atoms with van der Waals surface area (Å²) in [6.45, 7) is 1.03. The van der Waals surface area contributed by atoms with Gasteiger partial charge in [0.25, 0.3) is 11.5 Å². The molecule has 0 radical (unpaired) electrons. The highest BCUT2D eigenvalue weighted by atomic mass is 32.2. The van der Waals surface area contributed by atoms with Crippen LogP contribution in [0.15, 0.2) is 74.3 Å². The quantitative estimate of drug-likeness (QED) is 0.224. The standard InChI is InChI=1S/C22H19N3O3S3/c1-28-13-7-12-25-21(27)17(31-22(25)29)14-16-19(30-15-8-3-2-4-9-15)23-18-10-5-6-11-24(18)20(16)26/h2-6,8-11,14H,7,12-13H2,1H3/b17-14-. The van der Waals surface area contributed by atoms with Crippen molar-refractivity contribution in [3.05, 3.63) is 75.6 Å². The monoisotopic (exact) mass is 469 g/mol. The van der Waals surface area contributed by atoms with Gasteiger partial charge in [0.05, 0.1) is 10.5 Å². The number of thioether (sulfide) groups is 1. The second kappa shape index (κ2) is 9.78. The molecule has 2 aromatic heterocycles. The Balaban J connectivity index is 1.76. The van der Waals surface area contributed by atoms with Gasteiger partial charge >= 0.3 is 0 Å². The molecule has 0 atom stereocenters. The number of fused-ring (bicyclic) bond motifs is 1. The molecule has 0 unspecified atom stereocenters.